The highest BCUT2D eigenvalue weighted by molar-refractivity contribution is 6.30. The molecule has 0 saturated carbocycles. The van der Waals surface area contributed by atoms with Crippen molar-refractivity contribution in [3.05, 3.63) is 29.0 Å². The van der Waals surface area contributed by atoms with Gasteiger partial charge in [-0.2, -0.15) is 0 Å². The number of halogens is 1. The zero-order chi connectivity index (χ0) is 11.8. The van der Waals surface area contributed by atoms with E-state index in [1.807, 2.05) is 12.1 Å². The van der Waals surface area contributed by atoms with Gasteiger partial charge in [0.2, 0.25) is 0 Å². The summed E-state index contributed by atoms with van der Waals surface area (Å²) in [5.41, 5.74) is 1.04. The summed E-state index contributed by atoms with van der Waals surface area (Å²) in [4.78, 5) is 4.06. The number of terminal acetylenes is 1. The summed E-state index contributed by atoms with van der Waals surface area (Å²) in [5.74, 6) is 2.64. The lowest BCUT2D eigenvalue weighted by Crippen LogP contribution is -2.20. The highest BCUT2D eigenvalue weighted by Crippen LogP contribution is 2.19. The number of pyridine rings is 1. The third-order valence-electron chi connectivity index (χ3n) is 2.45. The first kappa shape index (κ1) is 13.0. The van der Waals surface area contributed by atoms with Crippen molar-refractivity contribution >= 4 is 11.6 Å². The molecule has 0 amide bonds. The fourth-order valence-electron chi connectivity index (χ4n) is 1.50. The van der Waals surface area contributed by atoms with Gasteiger partial charge in [-0.3, -0.25) is 0 Å². The van der Waals surface area contributed by atoms with Gasteiger partial charge in [0.15, 0.2) is 0 Å². The van der Waals surface area contributed by atoms with Gasteiger partial charge in [0.25, 0.3) is 0 Å². The molecule has 1 heterocycles. The van der Waals surface area contributed by atoms with Gasteiger partial charge in [0, 0.05) is 24.2 Å². The van der Waals surface area contributed by atoms with Crippen molar-refractivity contribution in [2.75, 3.05) is 6.54 Å². The van der Waals surface area contributed by atoms with Crippen molar-refractivity contribution in [3.8, 4) is 12.3 Å². The Labute approximate surface area is 102 Å². The fraction of sp³-hybridized carbons (Fsp3) is 0.462. The molecule has 0 aliphatic carbocycles. The van der Waals surface area contributed by atoms with Gasteiger partial charge >= 0.3 is 0 Å². The zero-order valence-corrected chi connectivity index (χ0v) is 10.3. The molecular formula is C13H17ClN2. The zero-order valence-electron chi connectivity index (χ0n) is 9.54. The lowest BCUT2D eigenvalue weighted by molar-refractivity contribution is 0.548. The van der Waals surface area contributed by atoms with E-state index in [9.17, 15) is 0 Å². The number of nitrogens with one attached hydrogen (secondary N) is 1. The van der Waals surface area contributed by atoms with Crippen LogP contribution in [0, 0.1) is 12.3 Å². The molecule has 1 N–H and O–H groups in total. The second-order valence-corrected chi connectivity index (χ2v) is 4.08. The predicted molar refractivity (Wildman–Crippen MR) is 68.3 cm³/mol. The molecule has 0 aliphatic heterocycles. The molecule has 2 nitrogen and oxygen atoms in total. The van der Waals surface area contributed by atoms with E-state index >= 15 is 0 Å². The number of hydrogen-bond acceptors (Lipinski definition) is 2. The third-order valence-corrected chi connectivity index (χ3v) is 2.77. The van der Waals surface area contributed by atoms with Crippen molar-refractivity contribution in [2.45, 2.75) is 32.2 Å². The maximum Gasteiger partial charge on any atom is 0.133 e. The van der Waals surface area contributed by atoms with Crippen LogP contribution in [0.2, 0.25) is 5.15 Å². The number of nitrogens with zero attached hydrogens (tertiary/aromatic N) is 1. The Hall–Kier alpha value is -1.04. The van der Waals surface area contributed by atoms with Gasteiger partial charge in [0.05, 0.1) is 0 Å². The van der Waals surface area contributed by atoms with E-state index in [2.05, 4.69) is 23.1 Å². The summed E-state index contributed by atoms with van der Waals surface area (Å²) in [5, 5.41) is 3.98. The van der Waals surface area contributed by atoms with Crippen molar-refractivity contribution in [1.29, 1.82) is 0 Å². The lowest BCUT2D eigenvalue weighted by Gasteiger charge is -2.14. The molecule has 1 aromatic rings. The van der Waals surface area contributed by atoms with Crippen molar-refractivity contribution in [1.82, 2.24) is 10.3 Å². The van der Waals surface area contributed by atoms with Crippen LogP contribution >= 0.6 is 11.6 Å². The van der Waals surface area contributed by atoms with E-state index in [0.717, 1.165) is 31.4 Å². The highest BCUT2D eigenvalue weighted by Gasteiger charge is 2.08. The Balaban J connectivity index is 2.33. The molecule has 0 radical (unpaired) electrons. The Morgan fingerprint density at radius 2 is 2.38 bits per heavy atom. The fourth-order valence-corrected chi connectivity index (χ4v) is 1.79. The number of rotatable bonds is 6. The quantitative estimate of drug-likeness (QED) is 0.466. The van der Waals surface area contributed by atoms with Gasteiger partial charge in [-0.05, 0) is 32.4 Å². The van der Waals surface area contributed by atoms with E-state index in [1.54, 1.807) is 6.20 Å². The lowest BCUT2D eigenvalue weighted by atomic mass is 10.1. The Bertz CT molecular complexity index is 357. The summed E-state index contributed by atoms with van der Waals surface area (Å²) in [6, 6.07) is 4.12. The predicted octanol–water partition coefficient (Wildman–Crippen LogP) is 3.19. The Morgan fingerprint density at radius 3 is 3.06 bits per heavy atom. The normalized spacial score (nSPS) is 12.1. The standard InChI is InChI=1S/C13H17ClN2/c1-3-4-5-6-9-15-11(2)12-8-7-10-16-13(12)14/h1,7-8,10-11,15H,4-6,9H2,2H3. The molecule has 0 aliphatic rings. The Kier molecular flexibility index (Phi) is 5.92. The van der Waals surface area contributed by atoms with Gasteiger partial charge in [-0.1, -0.05) is 17.7 Å². The SMILES string of the molecule is C#CCCCCNC(C)c1cccnc1Cl. The molecule has 1 atom stereocenters. The van der Waals surface area contributed by atoms with Crippen LogP contribution < -0.4 is 5.32 Å². The van der Waals surface area contributed by atoms with E-state index in [4.69, 9.17) is 18.0 Å². The molecule has 86 valence electrons. The van der Waals surface area contributed by atoms with Crippen molar-refractivity contribution < 1.29 is 0 Å². The van der Waals surface area contributed by atoms with Crippen LogP contribution in [0.4, 0.5) is 0 Å². The van der Waals surface area contributed by atoms with E-state index in [0.29, 0.717) is 5.15 Å². The largest absolute Gasteiger partial charge is 0.310 e. The van der Waals surface area contributed by atoms with E-state index in [1.165, 1.54) is 0 Å². The summed E-state index contributed by atoms with van der Waals surface area (Å²) >= 11 is 6.00. The molecule has 1 aromatic heterocycles. The average Bonchev–Trinajstić information content (AvgIpc) is 2.29. The molecule has 0 fully saturated rings. The first-order valence-electron chi connectivity index (χ1n) is 5.53. The molecule has 0 aromatic carbocycles. The molecule has 1 rings (SSSR count). The Morgan fingerprint density at radius 1 is 1.56 bits per heavy atom. The molecule has 1 unspecified atom stereocenters. The van der Waals surface area contributed by atoms with Gasteiger partial charge in [-0.15, -0.1) is 12.3 Å². The van der Waals surface area contributed by atoms with Crippen molar-refractivity contribution in [2.24, 2.45) is 0 Å². The van der Waals surface area contributed by atoms with Crippen LogP contribution in [0.25, 0.3) is 0 Å². The van der Waals surface area contributed by atoms with Gasteiger partial charge in [0.1, 0.15) is 5.15 Å². The maximum atomic E-state index is 6.00. The number of unbranched alkanes of at least 4 members (excludes halogenated alkanes) is 2. The van der Waals surface area contributed by atoms with Gasteiger partial charge in [-0.25, -0.2) is 4.98 Å². The second-order valence-electron chi connectivity index (χ2n) is 3.72. The van der Waals surface area contributed by atoms with Crippen LogP contribution in [-0.4, -0.2) is 11.5 Å². The minimum absolute atomic E-state index is 0.229. The minimum Gasteiger partial charge on any atom is -0.310 e. The summed E-state index contributed by atoms with van der Waals surface area (Å²) in [6.07, 6.45) is 9.89. The molecule has 0 spiro atoms. The average molecular weight is 237 g/mol. The molecule has 0 saturated heterocycles. The van der Waals surface area contributed by atoms with Crippen LogP contribution in [0.3, 0.4) is 0 Å². The summed E-state index contributed by atoms with van der Waals surface area (Å²) in [7, 11) is 0. The molecule has 3 heteroatoms. The molecule has 0 bridgehead atoms. The van der Waals surface area contributed by atoms with Crippen molar-refractivity contribution in [3.63, 3.8) is 0 Å². The van der Waals surface area contributed by atoms with Crippen LogP contribution in [0.1, 0.15) is 37.8 Å². The van der Waals surface area contributed by atoms with Crippen LogP contribution in [0.15, 0.2) is 18.3 Å². The number of hydrogen-bond donors (Lipinski definition) is 1. The summed E-state index contributed by atoms with van der Waals surface area (Å²) in [6.45, 7) is 3.04. The summed E-state index contributed by atoms with van der Waals surface area (Å²) < 4.78 is 0. The molecule has 16 heavy (non-hydrogen) atoms. The highest BCUT2D eigenvalue weighted by atomic mass is 35.5. The number of aromatic nitrogens is 1. The molecular weight excluding hydrogens is 220 g/mol. The first-order valence-corrected chi connectivity index (χ1v) is 5.90. The maximum absolute atomic E-state index is 6.00. The topological polar surface area (TPSA) is 24.9 Å². The van der Waals surface area contributed by atoms with E-state index < -0.39 is 0 Å². The van der Waals surface area contributed by atoms with Crippen LogP contribution in [-0.2, 0) is 0 Å². The van der Waals surface area contributed by atoms with Crippen LogP contribution in [0.5, 0.6) is 0 Å². The first-order chi connectivity index (χ1) is 7.75. The third kappa shape index (κ3) is 4.22. The van der Waals surface area contributed by atoms with Gasteiger partial charge < -0.3 is 5.32 Å². The second kappa shape index (κ2) is 7.27. The smallest absolute Gasteiger partial charge is 0.133 e. The van der Waals surface area contributed by atoms with E-state index in [-0.39, 0.29) is 6.04 Å². The minimum atomic E-state index is 0.229. The monoisotopic (exact) mass is 236 g/mol.